The van der Waals surface area contributed by atoms with Gasteiger partial charge in [-0.1, -0.05) is 18.7 Å². The van der Waals surface area contributed by atoms with Gasteiger partial charge < -0.3 is 9.47 Å². The molecule has 0 aliphatic rings. The summed E-state index contributed by atoms with van der Waals surface area (Å²) in [6, 6.07) is 7.16. The van der Waals surface area contributed by atoms with Crippen LogP contribution in [0.1, 0.15) is 12.5 Å². The first-order valence-electron chi connectivity index (χ1n) is 4.86. The van der Waals surface area contributed by atoms with Crippen LogP contribution in [-0.4, -0.2) is 18.2 Å². The third-order valence-electron chi connectivity index (χ3n) is 1.87. The fraction of sp³-hybridized carbons (Fsp3) is 0.250. The number of hydrogen-bond donors (Lipinski definition) is 0. The molecule has 0 bridgehead atoms. The van der Waals surface area contributed by atoms with E-state index in [9.17, 15) is 4.79 Å². The van der Waals surface area contributed by atoms with E-state index in [4.69, 9.17) is 9.47 Å². The van der Waals surface area contributed by atoms with E-state index in [-0.39, 0.29) is 5.30 Å². The quantitative estimate of drug-likeness (QED) is 0.593. The molecule has 0 N–H and O–H groups in total. The van der Waals surface area contributed by atoms with Crippen LogP contribution in [0.15, 0.2) is 30.8 Å². The first kappa shape index (κ1) is 12.6. The van der Waals surface area contributed by atoms with Crippen molar-refractivity contribution in [2.24, 2.45) is 0 Å². The third kappa shape index (κ3) is 3.31. The predicted octanol–water partition coefficient (Wildman–Crippen LogP) is 3.56. The molecule has 1 rings (SSSR count). The Labute approximate surface area is 99.4 Å². The zero-order valence-corrected chi connectivity index (χ0v) is 10.2. The van der Waals surface area contributed by atoms with Crippen molar-refractivity contribution in [1.82, 2.24) is 0 Å². The Morgan fingerprint density at radius 1 is 1.44 bits per heavy atom. The smallest absolute Gasteiger partial charge is 0.372 e. The van der Waals surface area contributed by atoms with Gasteiger partial charge in [-0.2, -0.15) is 0 Å². The lowest BCUT2D eigenvalue weighted by Crippen LogP contribution is -2.02. The predicted molar refractivity (Wildman–Crippen MR) is 66.6 cm³/mol. The molecule has 1 aromatic carbocycles. The second-order valence-electron chi connectivity index (χ2n) is 2.91. The second kappa shape index (κ2) is 6.23. The zero-order valence-electron chi connectivity index (χ0n) is 9.36. The molecule has 0 fully saturated rings. The van der Waals surface area contributed by atoms with Crippen molar-refractivity contribution in [3.05, 3.63) is 36.4 Å². The fourth-order valence-electron chi connectivity index (χ4n) is 1.17. The van der Waals surface area contributed by atoms with Gasteiger partial charge in [0.25, 0.3) is 0 Å². The Morgan fingerprint density at radius 3 is 2.75 bits per heavy atom. The van der Waals surface area contributed by atoms with Crippen molar-refractivity contribution in [3.63, 3.8) is 0 Å². The molecule has 0 saturated heterocycles. The highest BCUT2D eigenvalue weighted by Gasteiger charge is 2.10. The normalized spacial score (nSPS) is 9.62. The van der Waals surface area contributed by atoms with Crippen molar-refractivity contribution in [2.75, 3.05) is 12.9 Å². The second-order valence-corrected chi connectivity index (χ2v) is 3.65. The van der Waals surface area contributed by atoms with Crippen molar-refractivity contribution >= 4 is 22.8 Å². The molecule has 86 valence electrons. The third-order valence-corrected chi connectivity index (χ3v) is 2.28. The van der Waals surface area contributed by atoms with Gasteiger partial charge in [-0.05, 0) is 37.1 Å². The van der Waals surface area contributed by atoms with Crippen LogP contribution >= 0.6 is 11.8 Å². The number of para-hydroxylation sites is 1. The highest BCUT2D eigenvalue weighted by Crippen LogP contribution is 2.26. The molecule has 0 spiro atoms. The number of benzene rings is 1. The van der Waals surface area contributed by atoms with Crippen LogP contribution < -0.4 is 4.74 Å². The molecule has 0 aromatic heterocycles. The van der Waals surface area contributed by atoms with Gasteiger partial charge in [-0.15, -0.1) is 0 Å². The van der Waals surface area contributed by atoms with Crippen LogP contribution in [-0.2, 0) is 4.74 Å². The summed E-state index contributed by atoms with van der Waals surface area (Å²) in [6.07, 6.45) is 1.67. The van der Waals surface area contributed by atoms with Gasteiger partial charge in [0.1, 0.15) is 11.5 Å². The molecule has 0 heterocycles. The average molecular weight is 238 g/mol. The van der Waals surface area contributed by atoms with Gasteiger partial charge in [-0.3, -0.25) is 0 Å². The highest BCUT2D eigenvalue weighted by atomic mass is 32.2. The minimum Gasteiger partial charge on any atom is -0.494 e. The number of carbonyl (C=O) groups is 1. The molecule has 0 atom stereocenters. The SMILES string of the molecule is C=C(OCC)c1ccccc1OC(=O)SC. The molecular weight excluding hydrogens is 224 g/mol. The van der Waals surface area contributed by atoms with Crippen molar-refractivity contribution in [1.29, 1.82) is 0 Å². The van der Waals surface area contributed by atoms with Crippen LogP contribution in [0, 0.1) is 0 Å². The van der Waals surface area contributed by atoms with Crippen molar-refractivity contribution < 1.29 is 14.3 Å². The number of ether oxygens (including phenoxy) is 2. The molecule has 3 nitrogen and oxygen atoms in total. The number of hydrogen-bond acceptors (Lipinski definition) is 4. The van der Waals surface area contributed by atoms with Gasteiger partial charge in [0.2, 0.25) is 0 Å². The molecular formula is C12H14O3S. The van der Waals surface area contributed by atoms with Gasteiger partial charge in [-0.25, -0.2) is 4.79 Å². The molecule has 16 heavy (non-hydrogen) atoms. The first-order chi connectivity index (χ1) is 7.69. The van der Waals surface area contributed by atoms with E-state index in [2.05, 4.69) is 6.58 Å². The molecule has 0 amide bonds. The lowest BCUT2D eigenvalue weighted by Gasteiger charge is -2.11. The summed E-state index contributed by atoms with van der Waals surface area (Å²) in [4.78, 5) is 11.2. The van der Waals surface area contributed by atoms with E-state index in [1.165, 1.54) is 0 Å². The molecule has 0 aliphatic carbocycles. The Bertz CT molecular complexity index is 388. The highest BCUT2D eigenvalue weighted by molar-refractivity contribution is 8.12. The van der Waals surface area contributed by atoms with Crippen LogP contribution in [0.2, 0.25) is 0 Å². The lowest BCUT2D eigenvalue weighted by molar-refractivity contribution is 0.226. The summed E-state index contributed by atoms with van der Waals surface area (Å²) < 4.78 is 10.4. The van der Waals surface area contributed by atoms with Crippen molar-refractivity contribution in [3.8, 4) is 5.75 Å². The fourth-order valence-corrected chi connectivity index (χ4v) is 1.34. The summed E-state index contributed by atoms with van der Waals surface area (Å²) in [7, 11) is 0. The van der Waals surface area contributed by atoms with Gasteiger partial charge >= 0.3 is 5.30 Å². The van der Waals surface area contributed by atoms with Gasteiger partial charge in [0.15, 0.2) is 0 Å². The van der Waals surface area contributed by atoms with E-state index in [0.29, 0.717) is 23.7 Å². The Balaban J connectivity index is 2.91. The van der Waals surface area contributed by atoms with Crippen LogP contribution in [0.3, 0.4) is 0 Å². The van der Waals surface area contributed by atoms with Gasteiger partial charge in [0.05, 0.1) is 12.2 Å². The number of thioether (sulfide) groups is 1. The summed E-state index contributed by atoms with van der Waals surface area (Å²) in [6.45, 7) is 6.20. The molecule has 0 radical (unpaired) electrons. The molecule has 0 unspecified atom stereocenters. The lowest BCUT2D eigenvalue weighted by atomic mass is 10.2. The summed E-state index contributed by atoms with van der Waals surface area (Å²) in [5.41, 5.74) is 0.701. The maximum absolute atomic E-state index is 11.2. The van der Waals surface area contributed by atoms with Crippen LogP contribution in [0.4, 0.5) is 4.79 Å². The molecule has 0 saturated carbocycles. The van der Waals surface area contributed by atoms with Crippen LogP contribution in [0.5, 0.6) is 5.75 Å². The van der Waals surface area contributed by atoms with E-state index in [1.807, 2.05) is 13.0 Å². The topological polar surface area (TPSA) is 35.5 Å². The number of rotatable bonds is 4. The Kier molecular flexibility index (Phi) is 4.92. The largest absolute Gasteiger partial charge is 0.494 e. The Morgan fingerprint density at radius 2 is 2.12 bits per heavy atom. The standard InChI is InChI=1S/C12H14O3S/c1-4-14-9(2)10-7-5-6-8-11(10)15-12(13)16-3/h5-8H,2,4H2,1,3H3. The summed E-state index contributed by atoms with van der Waals surface area (Å²) >= 11 is 1.02. The van der Waals surface area contributed by atoms with E-state index in [0.717, 1.165) is 11.8 Å². The zero-order chi connectivity index (χ0) is 12.0. The van der Waals surface area contributed by atoms with Crippen LogP contribution in [0.25, 0.3) is 5.76 Å². The molecule has 0 aliphatic heterocycles. The summed E-state index contributed by atoms with van der Waals surface area (Å²) in [5, 5.41) is -0.350. The first-order valence-corrected chi connectivity index (χ1v) is 6.08. The minimum absolute atomic E-state index is 0.350. The molecule has 4 heteroatoms. The van der Waals surface area contributed by atoms with E-state index in [1.54, 1.807) is 24.5 Å². The number of carbonyl (C=O) groups excluding carboxylic acids is 1. The minimum atomic E-state index is -0.350. The summed E-state index contributed by atoms with van der Waals surface area (Å²) in [5.74, 6) is 0.979. The van der Waals surface area contributed by atoms with Gasteiger partial charge in [0, 0.05) is 0 Å². The average Bonchev–Trinajstić information content (AvgIpc) is 2.30. The molecule has 1 aromatic rings. The monoisotopic (exact) mass is 238 g/mol. The van der Waals surface area contributed by atoms with E-state index >= 15 is 0 Å². The Hall–Kier alpha value is -1.42. The van der Waals surface area contributed by atoms with E-state index < -0.39 is 0 Å². The maximum Gasteiger partial charge on any atom is 0.372 e. The maximum atomic E-state index is 11.2. The van der Waals surface area contributed by atoms with Crippen molar-refractivity contribution in [2.45, 2.75) is 6.92 Å².